The van der Waals surface area contributed by atoms with E-state index in [-0.39, 0.29) is 22.1 Å². The Labute approximate surface area is 79.3 Å². The number of ether oxygens (including phenoxy) is 1. The SMILES string of the molecule is COC(=O)c1cc(O)c(Cl)cc1O. The summed E-state index contributed by atoms with van der Waals surface area (Å²) in [6.45, 7) is 0. The normalized spacial score (nSPS) is 9.69. The van der Waals surface area contributed by atoms with Crippen molar-refractivity contribution in [2.45, 2.75) is 0 Å². The zero-order valence-corrected chi connectivity index (χ0v) is 7.50. The molecule has 0 unspecified atom stereocenters. The fourth-order valence-corrected chi connectivity index (χ4v) is 0.983. The van der Waals surface area contributed by atoms with Crippen LogP contribution in [0.25, 0.3) is 0 Å². The smallest absolute Gasteiger partial charge is 0.341 e. The predicted molar refractivity (Wildman–Crippen MR) is 46.1 cm³/mol. The van der Waals surface area contributed by atoms with Crippen molar-refractivity contribution < 1.29 is 19.7 Å². The Balaban J connectivity index is 3.23. The monoisotopic (exact) mass is 202 g/mol. The van der Waals surface area contributed by atoms with Gasteiger partial charge in [0.25, 0.3) is 0 Å². The lowest BCUT2D eigenvalue weighted by molar-refractivity contribution is 0.0597. The zero-order chi connectivity index (χ0) is 10.0. The molecule has 0 aliphatic heterocycles. The fourth-order valence-electron chi connectivity index (χ4n) is 0.825. The first-order chi connectivity index (χ1) is 6.06. The molecule has 4 nitrogen and oxygen atoms in total. The minimum absolute atomic E-state index is 0.0230. The first kappa shape index (κ1) is 9.67. The summed E-state index contributed by atoms with van der Waals surface area (Å²) >= 11 is 5.47. The number of benzene rings is 1. The van der Waals surface area contributed by atoms with Crippen LogP contribution in [0.5, 0.6) is 11.5 Å². The maximum Gasteiger partial charge on any atom is 0.341 e. The third kappa shape index (κ3) is 1.84. The second-order valence-corrected chi connectivity index (χ2v) is 2.72. The highest BCUT2D eigenvalue weighted by Gasteiger charge is 2.14. The molecule has 1 aromatic carbocycles. The van der Waals surface area contributed by atoms with Gasteiger partial charge in [0.1, 0.15) is 17.1 Å². The van der Waals surface area contributed by atoms with Gasteiger partial charge in [-0.25, -0.2) is 4.79 Å². The van der Waals surface area contributed by atoms with E-state index in [9.17, 15) is 9.90 Å². The second-order valence-electron chi connectivity index (χ2n) is 2.31. The maximum atomic E-state index is 11.0. The summed E-state index contributed by atoms with van der Waals surface area (Å²) in [6, 6.07) is 2.12. The lowest BCUT2D eigenvalue weighted by atomic mass is 10.2. The van der Waals surface area contributed by atoms with Crippen molar-refractivity contribution >= 4 is 17.6 Å². The number of aromatic hydroxyl groups is 2. The minimum atomic E-state index is -0.732. The molecule has 1 rings (SSSR count). The largest absolute Gasteiger partial charge is 0.507 e. The van der Waals surface area contributed by atoms with Crippen molar-refractivity contribution in [2.75, 3.05) is 7.11 Å². The first-order valence-corrected chi connectivity index (χ1v) is 3.74. The van der Waals surface area contributed by atoms with Crippen molar-refractivity contribution in [3.05, 3.63) is 22.7 Å². The van der Waals surface area contributed by atoms with Gasteiger partial charge in [0.05, 0.1) is 12.1 Å². The number of rotatable bonds is 1. The topological polar surface area (TPSA) is 66.8 Å². The first-order valence-electron chi connectivity index (χ1n) is 3.36. The lowest BCUT2D eigenvalue weighted by Gasteiger charge is -2.03. The van der Waals surface area contributed by atoms with E-state index in [4.69, 9.17) is 16.7 Å². The average molecular weight is 203 g/mol. The van der Waals surface area contributed by atoms with Gasteiger partial charge in [-0.15, -0.1) is 0 Å². The molecule has 0 aliphatic rings. The molecule has 0 fully saturated rings. The van der Waals surface area contributed by atoms with E-state index in [1.165, 1.54) is 7.11 Å². The average Bonchev–Trinajstić information content (AvgIpc) is 2.10. The number of hydrogen-bond donors (Lipinski definition) is 2. The van der Waals surface area contributed by atoms with Crippen LogP contribution in [-0.2, 0) is 4.74 Å². The summed E-state index contributed by atoms with van der Waals surface area (Å²) in [4.78, 5) is 11.0. The standard InChI is InChI=1S/C8H7ClO4/c1-13-8(12)4-2-7(11)5(9)3-6(4)10/h2-3,10-11H,1H3. The number of carbonyl (C=O) groups excluding carboxylic acids is 1. The van der Waals surface area contributed by atoms with Crippen molar-refractivity contribution in [3.63, 3.8) is 0 Å². The molecule has 1 aromatic rings. The second kappa shape index (κ2) is 3.53. The summed E-state index contributed by atoms with van der Waals surface area (Å²) in [5, 5.41) is 18.3. The Morgan fingerprint density at radius 2 is 2.00 bits per heavy atom. The van der Waals surface area contributed by atoms with Crippen LogP contribution in [0.1, 0.15) is 10.4 Å². The molecule has 0 bridgehead atoms. The van der Waals surface area contributed by atoms with Gasteiger partial charge in [0.2, 0.25) is 0 Å². The molecule has 2 N–H and O–H groups in total. The Morgan fingerprint density at radius 1 is 1.38 bits per heavy atom. The Morgan fingerprint density at radius 3 is 2.54 bits per heavy atom. The van der Waals surface area contributed by atoms with Crippen LogP contribution in [0.4, 0.5) is 0 Å². The molecule has 0 saturated carbocycles. The summed E-state index contributed by atoms with van der Waals surface area (Å²) in [5.41, 5.74) is -0.121. The molecular weight excluding hydrogens is 196 g/mol. The minimum Gasteiger partial charge on any atom is -0.507 e. The Bertz CT molecular complexity index is 348. The number of esters is 1. The van der Waals surface area contributed by atoms with E-state index in [2.05, 4.69) is 4.74 Å². The maximum absolute atomic E-state index is 11.0. The molecule has 13 heavy (non-hydrogen) atoms. The highest BCUT2D eigenvalue weighted by atomic mass is 35.5. The third-order valence-electron chi connectivity index (χ3n) is 1.47. The molecular formula is C8H7ClO4. The summed E-state index contributed by atoms with van der Waals surface area (Å²) in [5.74, 6) is -1.33. The van der Waals surface area contributed by atoms with Gasteiger partial charge in [-0.1, -0.05) is 11.6 Å². The van der Waals surface area contributed by atoms with Gasteiger partial charge >= 0.3 is 5.97 Å². The van der Waals surface area contributed by atoms with Gasteiger partial charge < -0.3 is 14.9 Å². The van der Waals surface area contributed by atoms with Crippen molar-refractivity contribution in [2.24, 2.45) is 0 Å². The molecule has 0 amide bonds. The van der Waals surface area contributed by atoms with Crippen LogP contribution < -0.4 is 0 Å². The van der Waals surface area contributed by atoms with Gasteiger partial charge in [-0.05, 0) is 6.07 Å². The lowest BCUT2D eigenvalue weighted by Crippen LogP contribution is -2.01. The molecule has 0 radical (unpaired) electrons. The van der Waals surface area contributed by atoms with E-state index in [0.717, 1.165) is 12.1 Å². The molecule has 0 spiro atoms. The van der Waals surface area contributed by atoms with Crippen LogP contribution in [0.3, 0.4) is 0 Å². The third-order valence-corrected chi connectivity index (χ3v) is 1.77. The van der Waals surface area contributed by atoms with Crippen molar-refractivity contribution in [1.29, 1.82) is 0 Å². The fraction of sp³-hybridized carbons (Fsp3) is 0.125. The van der Waals surface area contributed by atoms with Gasteiger partial charge in [-0.3, -0.25) is 0 Å². The van der Waals surface area contributed by atoms with E-state index in [0.29, 0.717) is 0 Å². The van der Waals surface area contributed by atoms with Crippen LogP contribution in [0.2, 0.25) is 5.02 Å². The highest BCUT2D eigenvalue weighted by Crippen LogP contribution is 2.30. The van der Waals surface area contributed by atoms with Gasteiger partial charge in [-0.2, -0.15) is 0 Å². The molecule has 5 heteroatoms. The Hall–Kier alpha value is -1.42. The van der Waals surface area contributed by atoms with Crippen molar-refractivity contribution in [3.8, 4) is 11.5 Å². The van der Waals surface area contributed by atoms with Crippen LogP contribution >= 0.6 is 11.6 Å². The highest BCUT2D eigenvalue weighted by molar-refractivity contribution is 6.32. The summed E-state index contributed by atoms with van der Waals surface area (Å²) in [6.07, 6.45) is 0. The molecule has 0 heterocycles. The number of hydrogen-bond acceptors (Lipinski definition) is 4. The summed E-state index contributed by atoms with van der Waals surface area (Å²) in [7, 11) is 1.17. The number of halogens is 1. The van der Waals surface area contributed by atoms with E-state index < -0.39 is 5.97 Å². The van der Waals surface area contributed by atoms with E-state index >= 15 is 0 Å². The molecule has 0 atom stereocenters. The van der Waals surface area contributed by atoms with E-state index in [1.807, 2.05) is 0 Å². The van der Waals surface area contributed by atoms with Gasteiger partial charge in [0.15, 0.2) is 0 Å². The molecule has 0 aromatic heterocycles. The number of carbonyl (C=O) groups is 1. The quantitative estimate of drug-likeness (QED) is 0.536. The predicted octanol–water partition coefficient (Wildman–Crippen LogP) is 1.54. The van der Waals surface area contributed by atoms with E-state index in [1.54, 1.807) is 0 Å². The summed E-state index contributed by atoms with van der Waals surface area (Å²) < 4.78 is 4.36. The molecule has 0 saturated heterocycles. The van der Waals surface area contributed by atoms with Crippen LogP contribution in [-0.4, -0.2) is 23.3 Å². The number of phenols is 2. The van der Waals surface area contributed by atoms with Crippen LogP contribution in [0.15, 0.2) is 12.1 Å². The zero-order valence-electron chi connectivity index (χ0n) is 6.74. The number of phenolic OH excluding ortho intramolecular Hbond substituents is 2. The van der Waals surface area contributed by atoms with Gasteiger partial charge in [0, 0.05) is 6.07 Å². The molecule has 0 aliphatic carbocycles. The van der Waals surface area contributed by atoms with Crippen molar-refractivity contribution in [1.82, 2.24) is 0 Å². The molecule has 70 valence electrons. The number of methoxy groups -OCH3 is 1. The van der Waals surface area contributed by atoms with Crippen LogP contribution in [0, 0.1) is 0 Å². The Kier molecular flexibility index (Phi) is 2.63.